The lowest BCUT2D eigenvalue weighted by atomic mass is 9.74. The number of nitrogens with zero attached hydrogens (tertiary/aromatic N) is 2. The van der Waals surface area contributed by atoms with Crippen LogP contribution in [-0.2, 0) is 23.0 Å². The van der Waals surface area contributed by atoms with Crippen molar-refractivity contribution in [2.45, 2.75) is 44.4 Å². The number of fused-ring (bicyclic) bond motifs is 1. The van der Waals surface area contributed by atoms with E-state index in [9.17, 15) is 9.18 Å². The Morgan fingerprint density at radius 2 is 1.91 bits per heavy atom. The summed E-state index contributed by atoms with van der Waals surface area (Å²) < 4.78 is 27.3. The van der Waals surface area contributed by atoms with Gasteiger partial charge in [-0.25, -0.2) is 9.07 Å². The topological polar surface area (TPSA) is 65.4 Å². The van der Waals surface area contributed by atoms with E-state index < -0.39 is 0 Å². The quantitative estimate of drug-likeness (QED) is 0.565. The molecule has 0 spiro atoms. The van der Waals surface area contributed by atoms with Crippen LogP contribution in [-0.4, -0.2) is 42.1 Å². The van der Waals surface area contributed by atoms with E-state index in [1.807, 2.05) is 19.1 Å². The molecule has 0 atom stereocenters. The maximum absolute atomic E-state index is 14.5. The third-order valence-electron chi connectivity index (χ3n) is 7.04. The zero-order valence-electron chi connectivity index (χ0n) is 19.5. The normalized spacial score (nSPS) is 16.8. The van der Waals surface area contributed by atoms with E-state index >= 15 is 0 Å². The molecule has 34 heavy (non-hydrogen) atoms. The first-order valence-electron chi connectivity index (χ1n) is 12.1. The summed E-state index contributed by atoms with van der Waals surface area (Å²) in [5.74, 6) is 0.292. The number of para-hydroxylation sites is 1. The minimum absolute atomic E-state index is 0.204. The van der Waals surface area contributed by atoms with Gasteiger partial charge in [-0.1, -0.05) is 24.3 Å². The standard InChI is InChI=1S/C27H30FN3O3/c1-2-34-20-12-10-19(11-13-20)27(14-16-33-17-15-27)18-29-26(32)25-21-6-5-9-23(21)31(30-25)24-8-4-3-7-22(24)28/h3-4,7-8,10-13H,2,5-6,9,14-18H2,1H3,(H,29,32). The summed E-state index contributed by atoms with van der Waals surface area (Å²) in [5.41, 5.74) is 3.61. The first-order valence-corrected chi connectivity index (χ1v) is 12.1. The fraction of sp³-hybridized carbons (Fsp3) is 0.407. The molecule has 1 aromatic heterocycles. The van der Waals surface area contributed by atoms with E-state index in [1.54, 1.807) is 22.9 Å². The van der Waals surface area contributed by atoms with E-state index in [4.69, 9.17) is 9.47 Å². The Kier molecular flexibility index (Phi) is 6.37. The Morgan fingerprint density at radius 1 is 1.15 bits per heavy atom. The molecule has 0 unspecified atom stereocenters. The van der Waals surface area contributed by atoms with Gasteiger partial charge in [0, 0.05) is 36.4 Å². The van der Waals surface area contributed by atoms with Crippen molar-refractivity contribution in [1.29, 1.82) is 0 Å². The molecule has 1 N–H and O–H groups in total. The van der Waals surface area contributed by atoms with Crippen molar-refractivity contribution in [1.82, 2.24) is 15.1 Å². The van der Waals surface area contributed by atoms with Gasteiger partial charge in [0.25, 0.3) is 5.91 Å². The zero-order valence-corrected chi connectivity index (χ0v) is 19.5. The summed E-state index contributed by atoms with van der Waals surface area (Å²) in [6.07, 6.45) is 4.16. The van der Waals surface area contributed by atoms with Gasteiger partial charge in [0.1, 0.15) is 17.3 Å². The SMILES string of the molecule is CCOc1ccc(C2(CNC(=O)c3nn(-c4ccccc4F)c4c3CCC4)CCOCC2)cc1. The summed E-state index contributed by atoms with van der Waals surface area (Å²) in [5, 5.41) is 7.74. The average molecular weight is 464 g/mol. The monoisotopic (exact) mass is 463 g/mol. The van der Waals surface area contributed by atoms with Crippen molar-refractivity contribution in [2.24, 2.45) is 0 Å². The van der Waals surface area contributed by atoms with E-state index in [0.29, 0.717) is 37.7 Å². The Morgan fingerprint density at radius 3 is 2.65 bits per heavy atom. The molecule has 1 amide bonds. The number of ether oxygens (including phenoxy) is 2. The lowest BCUT2D eigenvalue weighted by Crippen LogP contribution is -2.44. The van der Waals surface area contributed by atoms with Crippen molar-refractivity contribution < 1.29 is 18.7 Å². The predicted octanol–water partition coefficient (Wildman–Crippen LogP) is 4.38. The highest BCUT2D eigenvalue weighted by atomic mass is 19.1. The first-order chi connectivity index (χ1) is 16.6. The molecule has 0 saturated carbocycles. The second-order valence-electron chi connectivity index (χ2n) is 9.02. The number of carbonyl (C=O) groups excluding carboxylic acids is 1. The van der Waals surface area contributed by atoms with E-state index in [-0.39, 0.29) is 17.1 Å². The average Bonchev–Trinajstić information content (AvgIpc) is 3.48. The third kappa shape index (κ3) is 4.20. The number of rotatable bonds is 7. The van der Waals surface area contributed by atoms with Crippen LogP contribution in [0.2, 0.25) is 0 Å². The molecule has 0 radical (unpaired) electrons. The van der Waals surface area contributed by atoms with Crippen molar-refractivity contribution in [2.75, 3.05) is 26.4 Å². The van der Waals surface area contributed by atoms with Crippen molar-refractivity contribution in [3.63, 3.8) is 0 Å². The van der Waals surface area contributed by atoms with Gasteiger partial charge in [0.2, 0.25) is 0 Å². The molecular formula is C27H30FN3O3. The predicted molar refractivity (Wildman–Crippen MR) is 127 cm³/mol. The van der Waals surface area contributed by atoms with Gasteiger partial charge in [-0.3, -0.25) is 4.79 Å². The molecule has 178 valence electrons. The number of benzene rings is 2. The molecule has 1 aliphatic heterocycles. The molecule has 0 bridgehead atoms. The number of hydrogen-bond donors (Lipinski definition) is 1. The lowest BCUT2D eigenvalue weighted by molar-refractivity contribution is 0.0486. The van der Waals surface area contributed by atoms with Crippen LogP contribution in [0.3, 0.4) is 0 Å². The van der Waals surface area contributed by atoms with Crippen molar-refractivity contribution in [3.05, 3.63) is 76.9 Å². The first kappa shape index (κ1) is 22.6. The van der Waals surface area contributed by atoms with Crippen LogP contribution in [0.25, 0.3) is 5.69 Å². The molecule has 2 heterocycles. The number of hydrogen-bond acceptors (Lipinski definition) is 4. The Balaban J connectivity index is 1.39. The van der Waals surface area contributed by atoms with Crippen LogP contribution in [0.15, 0.2) is 48.5 Å². The number of halogens is 1. The van der Waals surface area contributed by atoms with Gasteiger partial charge in [-0.2, -0.15) is 5.10 Å². The molecule has 3 aromatic rings. The van der Waals surface area contributed by atoms with Crippen LogP contribution >= 0.6 is 0 Å². The summed E-state index contributed by atoms with van der Waals surface area (Å²) in [4.78, 5) is 13.4. The number of carbonyl (C=O) groups is 1. The van der Waals surface area contributed by atoms with Gasteiger partial charge in [0.15, 0.2) is 5.69 Å². The minimum atomic E-state index is -0.344. The van der Waals surface area contributed by atoms with Gasteiger partial charge >= 0.3 is 0 Å². The lowest BCUT2D eigenvalue weighted by Gasteiger charge is -2.38. The fourth-order valence-electron chi connectivity index (χ4n) is 5.18. The van der Waals surface area contributed by atoms with Gasteiger partial charge in [0.05, 0.1) is 6.61 Å². The maximum Gasteiger partial charge on any atom is 0.272 e. The highest BCUT2D eigenvalue weighted by Crippen LogP contribution is 2.35. The van der Waals surface area contributed by atoms with Crippen LogP contribution in [0.5, 0.6) is 5.75 Å². The number of amides is 1. The second-order valence-corrected chi connectivity index (χ2v) is 9.02. The summed E-state index contributed by atoms with van der Waals surface area (Å²) >= 11 is 0. The van der Waals surface area contributed by atoms with E-state index in [1.165, 1.54) is 11.6 Å². The molecule has 2 aromatic carbocycles. The Hall–Kier alpha value is -3.19. The van der Waals surface area contributed by atoms with Crippen LogP contribution in [0.1, 0.15) is 53.5 Å². The van der Waals surface area contributed by atoms with Crippen LogP contribution < -0.4 is 10.1 Å². The minimum Gasteiger partial charge on any atom is -0.494 e. The molecular weight excluding hydrogens is 433 g/mol. The maximum atomic E-state index is 14.5. The van der Waals surface area contributed by atoms with Crippen LogP contribution in [0.4, 0.5) is 4.39 Å². The van der Waals surface area contributed by atoms with Crippen LogP contribution in [0, 0.1) is 5.82 Å². The van der Waals surface area contributed by atoms with Crippen molar-refractivity contribution >= 4 is 5.91 Å². The summed E-state index contributed by atoms with van der Waals surface area (Å²) in [6, 6.07) is 14.7. The number of nitrogens with one attached hydrogen (secondary N) is 1. The van der Waals surface area contributed by atoms with E-state index in [2.05, 4.69) is 22.5 Å². The molecule has 6 nitrogen and oxygen atoms in total. The van der Waals surface area contributed by atoms with Gasteiger partial charge in [-0.15, -0.1) is 0 Å². The molecule has 1 fully saturated rings. The molecule has 5 rings (SSSR count). The zero-order chi connectivity index (χ0) is 23.5. The van der Waals surface area contributed by atoms with Crippen molar-refractivity contribution in [3.8, 4) is 11.4 Å². The fourth-order valence-corrected chi connectivity index (χ4v) is 5.18. The highest BCUT2D eigenvalue weighted by molar-refractivity contribution is 5.94. The van der Waals surface area contributed by atoms with Gasteiger partial charge in [-0.05, 0) is 68.9 Å². The summed E-state index contributed by atoms with van der Waals surface area (Å²) in [6.45, 7) is 4.39. The largest absolute Gasteiger partial charge is 0.494 e. The van der Waals surface area contributed by atoms with E-state index in [0.717, 1.165) is 49.1 Å². The smallest absolute Gasteiger partial charge is 0.272 e. The highest BCUT2D eigenvalue weighted by Gasteiger charge is 2.36. The number of aromatic nitrogens is 2. The van der Waals surface area contributed by atoms with Gasteiger partial charge < -0.3 is 14.8 Å². The molecule has 1 aliphatic carbocycles. The Labute approximate surface area is 199 Å². The molecule has 1 saturated heterocycles. The second kappa shape index (κ2) is 9.58. The molecule has 2 aliphatic rings. The third-order valence-corrected chi connectivity index (χ3v) is 7.04. The summed E-state index contributed by atoms with van der Waals surface area (Å²) in [7, 11) is 0. The molecule has 7 heteroatoms. The Bertz CT molecular complexity index is 1170.